The summed E-state index contributed by atoms with van der Waals surface area (Å²) in [5.74, 6) is -0.490. The Balaban J connectivity index is 1.78. The van der Waals surface area contributed by atoms with Gasteiger partial charge in [-0.1, -0.05) is 36.5 Å². The summed E-state index contributed by atoms with van der Waals surface area (Å²) in [6.07, 6.45) is 0.863. The van der Waals surface area contributed by atoms with Crippen molar-refractivity contribution in [2.24, 2.45) is 0 Å². The van der Waals surface area contributed by atoms with Crippen LogP contribution < -0.4 is 10.6 Å². The molecule has 1 aromatic carbocycles. The van der Waals surface area contributed by atoms with Gasteiger partial charge in [0, 0.05) is 11.7 Å². The zero-order chi connectivity index (χ0) is 17.4. The fourth-order valence-corrected chi connectivity index (χ4v) is 2.43. The zero-order valence-electron chi connectivity index (χ0n) is 13.6. The Bertz CT molecular complexity index is 675. The molecular weight excluding hydrogens is 328 g/mol. The third-order valence-electron chi connectivity index (χ3n) is 3.17. The Morgan fingerprint density at radius 3 is 2.71 bits per heavy atom. The molecule has 0 aliphatic rings. The molecule has 0 fully saturated rings. The molecule has 1 aromatic heterocycles. The number of para-hydroxylation sites is 1. The van der Waals surface area contributed by atoms with E-state index in [4.69, 9.17) is 4.74 Å². The maximum atomic E-state index is 12.1. The van der Waals surface area contributed by atoms with Crippen molar-refractivity contribution in [3.05, 3.63) is 40.3 Å². The maximum absolute atomic E-state index is 12.1. The largest absolute Gasteiger partial charge is 0.364 e. The molecule has 0 aliphatic carbocycles. The summed E-state index contributed by atoms with van der Waals surface area (Å²) in [4.78, 5) is 23.6. The normalized spacial score (nSPS) is 11.8. The number of ether oxygens (including phenoxy) is 1. The summed E-state index contributed by atoms with van der Waals surface area (Å²) in [6.45, 7) is 4.02. The van der Waals surface area contributed by atoms with E-state index in [1.54, 1.807) is 12.1 Å². The second kappa shape index (κ2) is 9.09. The summed E-state index contributed by atoms with van der Waals surface area (Å²) in [5, 5.41) is 14.1. The fraction of sp³-hybridized carbons (Fsp3) is 0.375. The monoisotopic (exact) mass is 348 g/mol. The van der Waals surface area contributed by atoms with Gasteiger partial charge in [0.25, 0.3) is 5.91 Å². The molecule has 1 atom stereocenters. The topological polar surface area (TPSA) is 93.2 Å². The molecule has 2 N–H and O–H groups in total. The van der Waals surface area contributed by atoms with Gasteiger partial charge in [0.05, 0.1) is 0 Å². The van der Waals surface area contributed by atoms with E-state index in [1.165, 1.54) is 0 Å². The molecule has 2 rings (SSSR count). The molecule has 0 saturated heterocycles. The van der Waals surface area contributed by atoms with Gasteiger partial charge in [-0.2, -0.15) is 0 Å². The minimum atomic E-state index is -0.320. The van der Waals surface area contributed by atoms with Crippen molar-refractivity contribution in [3.8, 4) is 0 Å². The third kappa shape index (κ3) is 5.71. The first-order valence-electron chi connectivity index (χ1n) is 7.64. The first-order chi connectivity index (χ1) is 11.6. The van der Waals surface area contributed by atoms with Crippen LogP contribution in [0.1, 0.15) is 35.1 Å². The standard InChI is InChI=1S/C16H20N4O3S/c1-3-11(2)17-13(21)9-23-10-14-19-20-16(24-14)15(22)18-12-7-5-4-6-8-12/h4-8,11H,3,9-10H2,1-2H3,(H,17,21)(H,18,22)/t11-/m0/s1. The van der Waals surface area contributed by atoms with E-state index in [-0.39, 0.29) is 36.1 Å². The average molecular weight is 348 g/mol. The Morgan fingerprint density at radius 1 is 1.25 bits per heavy atom. The van der Waals surface area contributed by atoms with Crippen LogP contribution in [-0.4, -0.2) is 34.7 Å². The molecule has 2 amide bonds. The van der Waals surface area contributed by atoms with Crippen molar-refractivity contribution in [2.45, 2.75) is 32.9 Å². The maximum Gasteiger partial charge on any atom is 0.286 e. The molecule has 8 heteroatoms. The number of carbonyl (C=O) groups is 2. The summed E-state index contributed by atoms with van der Waals surface area (Å²) >= 11 is 1.14. The molecule has 1 heterocycles. The molecule has 0 saturated carbocycles. The van der Waals surface area contributed by atoms with E-state index in [9.17, 15) is 9.59 Å². The van der Waals surface area contributed by atoms with Crippen LogP contribution in [0.25, 0.3) is 0 Å². The second-order valence-corrected chi connectivity index (χ2v) is 6.25. The van der Waals surface area contributed by atoms with Crippen molar-refractivity contribution < 1.29 is 14.3 Å². The molecule has 24 heavy (non-hydrogen) atoms. The average Bonchev–Trinajstić information content (AvgIpc) is 3.04. The van der Waals surface area contributed by atoms with Crippen molar-refractivity contribution in [2.75, 3.05) is 11.9 Å². The Kier molecular flexibility index (Phi) is 6.83. The number of aromatic nitrogens is 2. The first-order valence-corrected chi connectivity index (χ1v) is 8.46. The minimum Gasteiger partial charge on any atom is -0.364 e. The molecule has 2 aromatic rings. The minimum absolute atomic E-state index is 0.0462. The van der Waals surface area contributed by atoms with E-state index in [1.807, 2.05) is 32.0 Å². The quantitative estimate of drug-likeness (QED) is 0.763. The number of rotatable bonds is 8. The summed E-state index contributed by atoms with van der Waals surface area (Å²) in [6, 6.07) is 9.24. The third-order valence-corrected chi connectivity index (χ3v) is 4.07. The van der Waals surface area contributed by atoms with Crippen molar-refractivity contribution in [3.63, 3.8) is 0 Å². The first kappa shape index (κ1) is 18.0. The molecule has 0 unspecified atom stereocenters. The summed E-state index contributed by atoms with van der Waals surface area (Å²) in [7, 11) is 0. The molecular formula is C16H20N4O3S. The lowest BCUT2D eigenvalue weighted by molar-refractivity contribution is -0.126. The molecule has 0 bridgehead atoms. The number of nitrogens with zero attached hydrogens (tertiary/aromatic N) is 2. The van der Waals surface area contributed by atoms with Gasteiger partial charge in [-0.3, -0.25) is 9.59 Å². The smallest absolute Gasteiger partial charge is 0.286 e. The lowest BCUT2D eigenvalue weighted by Gasteiger charge is -2.10. The van der Waals surface area contributed by atoms with E-state index in [0.29, 0.717) is 10.7 Å². The van der Waals surface area contributed by atoms with Gasteiger partial charge in [-0.25, -0.2) is 0 Å². The Labute approximate surface area is 144 Å². The molecule has 0 spiro atoms. The summed E-state index contributed by atoms with van der Waals surface area (Å²) in [5.41, 5.74) is 0.692. The second-order valence-electron chi connectivity index (χ2n) is 5.19. The van der Waals surface area contributed by atoms with E-state index in [2.05, 4.69) is 20.8 Å². The van der Waals surface area contributed by atoms with Crippen molar-refractivity contribution >= 4 is 28.8 Å². The number of benzene rings is 1. The van der Waals surface area contributed by atoms with Gasteiger partial charge in [0.2, 0.25) is 10.9 Å². The van der Waals surface area contributed by atoms with Crippen LogP contribution in [0.2, 0.25) is 0 Å². The van der Waals surface area contributed by atoms with Crippen LogP contribution in [0, 0.1) is 0 Å². The molecule has 0 radical (unpaired) electrons. The van der Waals surface area contributed by atoms with Crippen LogP contribution in [0.4, 0.5) is 5.69 Å². The van der Waals surface area contributed by atoms with Gasteiger partial charge in [-0.05, 0) is 25.5 Å². The summed E-state index contributed by atoms with van der Waals surface area (Å²) < 4.78 is 5.30. The lowest BCUT2D eigenvalue weighted by atomic mass is 10.2. The Hall–Kier alpha value is -2.32. The highest BCUT2D eigenvalue weighted by Crippen LogP contribution is 2.13. The van der Waals surface area contributed by atoms with Crippen LogP contribution in [0.3, 0.4) is 0 Å². The van der Waals surface area contributed by atoms with Crippen LogP contribution in [0.15, 0.2) is 30.3 Å². The number of hydrogen-bond donors (Lipinski definition) is 2. The predicted octanol–water partition coefficient (Wildman–Crippen LogP) is 2.22. The Morgan fingerprint density at radius 2 is 2.00 bits per heavy atom. The van der Waals surface area contributed by atoms with Gasteiger partial charge < -0.3 is 15.4 Å². The molecule has 7 nitrogen and oxygen atoms in total. The lowest BCUT2D eigenvalue weighted by Crippen LogP contribution is -2.34. The number of anilines is 1. The zero-order valence-corrected chi connectivity index (χ0v) is 14.4. The van der Waals surface area contributed by atoms with E-state index in [0.717, 1.165) is 17.8 Å². The van der Waals surface area contributed by atoms with Gasteiger partial charge in [0.1, 0.15) is 18.2 Å². The van der Waals surface area contributed by atoms with Gasteiger partial charge in [-0.15, -0.1) is 10.2 Å². The highest BCUT2D eigenvalue weighted by Gasteiger charge is 2.13. The molecule has 128 valence electrons. The SMILES string of the molecule is CC[C@H](C)NC(=O)COCc1nnc(C(=O)Nc2ccccc2)s1. The van der Waals surface area contributed by atoms with Crippen LogP contribution in [0.5, 0.6) is 0 Å². The number of nitrogens with one attached hydrogen (secondary N) is 2. The van der Waals surface area contributed by atoms with Crippen LogP contribution >= 0.6 is 11.3 Å². The molecule has 0 aliphatic heterocycles. The number of carbonyl (C=O) groups excluding carboxylic acids is 2. The highest BCUT2D eigenvalue weighted by atomic mass is 32.1. The fourth-order valence-electron chi connectivity index (χ4n) is 1.76. The van der Waals surface area contributed by atoms with E-state index >= 15 is 0 Å². The van der Waals surface area contributed by atoms with Crippen LogP contribution in [-0.2, 0) is 16.1 Å². The number of hydrogen-bond acceptors (Lipinski definition) is 6. The van der Waals surface area contributed by atoms with Crippen molar-refractivity contribution in [1.29, 1.82) is 0 Å². The van der Waals surface area contributed by atoms with Crippen molar-refractivity contribution in [1.82, 2.24) is 15.5 Å². The highest BCUT2D eigenvalue weighted by molar-refractivity contribution is 7.13. The van der Waals surface area contributed by atoms with Gasteiger partial charge >= 0.3 is 0 Å². The number of amides is 2. The van der Waals surface area contributed by atoms with Gasteiger partial charge in [0.15, 0.2) is 0 Å². The van der Waals surface area contributed by atoms with E-state index < -0.39 is 0 Å². The predicted molar refractivity (Wildman–Crippen MR) is 91.9 cm³/mol.